The lowest BCUT2D eigenvalue weighted by Gasteiger charge is -2.12. The summed E-state index contributed by atoms with van der Waals surface area (Å²) < 4.78 is 30.7. The highest BCUT2D eigenvalue weighted by Gasteiger charge is 2.23. The summed E-state index contributed by atoms with van der Waals surface area (Å²) in [5.41, 5.74) is 9.46. The molecule has 3 N–H and O–H groups in total. The van der Waals surface area contributed by atoms with Crippen LogP contribution in [-0.4, -0.2) is 23.0 Å². The van der Waals surface area contributed by atoms with Crippen LogP contribution in [0.1, 0.15) is 42.9 Å². The van der Waals surface area contributed by atoms with Gasteiger partial charge in [0.25, 0.3) is 10.0 Å². The van der Waals surface area contributed by atoms with Crippen LogP contribution >= 0.6 is 23.2 Å². The molecule has 0 radical (unpaired) electrons. The van der Waals surface area contributed by atoms with Gasteiger partial charge < -0.3 is 10.3 Å². The monoisotopic (exact) mass is 515 g/mol. The molecular weight excluding hydrogens is 493 g/mol. The third-order valence-corrected chi connectivity index (χ3v) is 8.57. The molecule has 0 aliphatic heterocycles. The number of fused-ring (bicyclic) bond motifs is 1. The Morgan fingerprint density at radius 1 is 1.09 bits per heavy atom. The molecular formula is C24H23Cl2N5O2S. The van der Waals surface area contributed by atoms with Crippen LogP contribution in [0.5, 0.6) is 0 Å². The number of hydrogen-bond donors (Lipinski definition) is 2. The first kappa shape index (κ1) is 23.0. The fourth-order valence-electron chi connectivity index (χ4n) is 4.65. The summed E-state index contributed by atoms with van der Waals surface area (Å²) >= 11 is 12.1. The molecule has 2 aromatic heterocycles. The molecule has 34 heavy (non-hydrogen) atoms. The summed E-state index contributed by atoms with van der Waals surface area (Å²) in [6.07, 6.45) is 8.84. The topological polar surface area (TPSA) is 103 Å². The lowest BCUT2D eigenvalue weighted by molar-refractivity contribution is 0.531. The summed E-state index contributed by atoms with van der Waals surface area (Å²) in [7, 11) is -3.91. The first-order valence-electron chi connectivity index (χ1n) is 11.0. The van der Waals surface area contributed by atoms with Gasteiger partial charge in [0.1, 0.15) is 22.7 Å². The highest BCUT2D eigenvalue weighted by atomic mass is 35.5. The number of halogens is 2. The van der Waals surface area contributed by atoms with E-state index in [2.05, 4.69) is 25.5 Å². The van der Waals surface area contributed by atoms with Crippen molar-refractivity contribution in [2.24, 2.45) is 0 Å². The van der Waals surface area contributed by atoms with Crippen LogP contribution in [0.15, 0.2) is 59.9 Å². The Bertz CT molecular complexity index is 1480. The standard InChI is InChI=1S/C24H23Cl2N5O2S/c25-19-9-4-10-20(22(19)26)34(32,33)30-17-6-3-5-15(12-17)11-16-13-31(18-7-1-2-8-18)24-21(16)23(27)28-14-29-24/h3-6,9-10,12-14,18,30H,1-2,7-8,11H2,(H2,27,28,29). The zero-order valence-corrected chi connectivity index (χ0v) is 20.5. The van der Waals surface area contributed by atoms with Crippen molar-refractivity contribution in [3.63, 3.8) is 0 Å². The number of hydrogen-bond acceptors (Lipinski definition) is 5. The van der Waals surface area contributed by atoms with E-state index in [1.165, 1.54) is 25.2 Å². The Morgan fingerprint density at radius 3 is 2.65 bits per heavy atom. The largest absolute Gasteiger partial charge is 0.383 e. The van der Waals surface area contributed by atoms with Gasteiger partial charge in [-0.15, -0.1) is 0 Å². The molecule has 0 saturated heterocycles. The van der Waals surface area contributed by atoms with Crippen LogP contribution in [0.3, 0.4) is 0 Å². The van der Waals surface area contributed by atoms with Crippen LogP contribution in [0, 0.1) is 0 Å². The van der Waals surface area contributed by atoms with Gasteiger partial charge in [-0.1, -0.05) is 54.2 Å². The molecule has 0 unspecified atom stereocenters. The number of nitrogens with zero attached hydrogens (tertiary/aromatic N) is 3. The lowest BCUT2D eigenvalue weighted by atomic mass is 10.0. The van der Waals surface area contributed by atoms with E-state index in [1.807, 2.05) is 12.1 Å². The summed E-state index contributed by atoms with van der Waals surface area (Å²) in [4.78, 5) is 8.65. The lowest BCUT2D eigenvalue weighted by Crippen LogP contribution is -2.13. The van der Waals surface area contributed by atoms with Gasteiger partial charge in [0.05, 0.1) is 15.4 Å². The molecule has 1 fully saturated rings. The molecule has 0 spiro atoms. The minimum atomic E-state index is -3.91. The van der Waals surface area contributed by atoms with E-state index in [-0.39, 0.29) is 14.9 Å². The second-order valence-electron chi connectivity index (χ2n) is 8.49. The first-order valence-corrected chi connectivity index (χ1v) is 13.2. The minimum absolute atomic E-state index is 0.0111. The second kappa shape index (κ2) is 9.09. The van der Waals surface area contributed by atoms with Crippen LogP contribution in [0.2, 0.25) is 10.0 Å². The number of benzene rings is 2. The molecule has 4 aromatic rings. The quantitative estimate of drug-likeness (QED) is 0.336. The van der Waals surface area contributed by atoms with Crippen molar-refractivity contribution in [2.45, 2.75) is 43.0 Å². The van der Waals surface area contributed by atoms with Gasteiger partial charge in [0.2, 0.25) is 0 Å². The Hall–Kier alpha value is -2.81. The molecule has 0 bridgehead atoms. The number of nitrogens with one attached hydrogen (secondary N) is 1. The summed E-state index contributed by atoms with van der Waals surface area (Å²) in [5, 5.41) is 1.02. The highest BCUT2D eigenvalue weighted by molar-refractivity contribution is 7.92. The molecule has 1 aliphatic rings. The van der Waals surface area contributed by atoms with E-state index in [0.29, 0.717) is 24.0 Å². The molecule has 176 valence electrons. The molecule has 1 saturated carbocycles. The highest BCUT2D eigenvalue weighted by Crippen LogP contribution is 2.36. The molecule has 1 aliphatic carbocycles. The molecule has 0 amide bonds. The third-order valence-electron chi connectivity index (χ3n) is 6.21. The van der Waals surface area contributed by atoms with E-state index in [9.17, 15) is 8.42 Å². The van der Waals surface area contributed by atoms with Crippen molar-refractivity contribution in [3.8, 4) is 0 Å². The van der Waals surface area contributed by atoms with E-state index < -0.39 is 10.0 Å². The SMILES string of the molecule is Nc1ncnc2c1c(Cc1cccc(NS(=O)(=O)c3cccc(Cl)c3Cl)c1)cn2C1CCCC1. The second-order valence-corrected chi connectivity index (χ2v) is 10.9. The number of rotatable bonds is 6. The zero-order chi connectivity index (χ0) is 23.9. The number of nitrogen functional groups attached to an aromatic ring is 1. The predicted molar refractivity (Wildman–Crippen MR) is 136 cm³/mol. The van der Waals surface area contributed by atoms with Crippen molar-refractivity contribution in [1.29, 1.82) is 0 Å². The molecule has 7 nitrogen and oxygen atoms in total. The normalized spacial score (nSPS) is 14.6. The maximum atomic E-state index is 12.9. The van der Waals surface area contributed by atoms with Crippen molar-refractivity contribution < 1.29 is 8.42 Å². The van der Waals surface area contributed by atoms with Gasteiger partial charge in [-0.2, -0.15) is 0 Å². The Balaban J connectivity index is 1.46. The predicted octanol–water partition coefficient (Wildman–Crippen LogP) is 5.83. The number of nitrogens with two attached hydrogens (primary N) is 1. The van der Waals surface area contributed by atoms with E-state index >= 15 is 0 Å². The van der Waals surface area contributed by atoms with Gasteiger partial charge >= 0.3 is 0 Å². The van der Waals surface area contributed by atoms with Gasteiger partial charge in [-0.3, -0.25) is 4.72 Å². The maximum absolute atomic E-state index is 12.9. The van der Waals surface area contributed by atoms with E-state index in [0.717, 1.165) is 35.0 Å². The van der Waals surface area contributed by atoms with Gasteiger partial charge in [0, 0.05) is 17.9 Å². The van der Waals surface area contributed by atoms with Gasteiger partial charge in [-0.05, 0) is 54.7 Å². The maximum Gasteiger partial charge on any atom is 0.263 e. The van der Waals surface area contributed by atoms with Crippen LogP contribution in [0.4, 0.5) is 11.5 Å². The van der Waals surface area contributed by atoms with Gasteiger partial charge in [-0.25, -0.2) is 18.4 Å². The zero-order valence-electron chi connectivity index (χ0n) is 18.2. The summed E-state index contributed by atoms with van der Waals surface area (Å²) in [6.45, 7) is 0. The number of anilines is 2. The van der Waals surface area contributed by atoms with Crippen LogP contribution in [0.25, 0.3) is 11.0 Å². The number of aromatic nitrogens is 3. The minimum Gasteiger partial charge on any atom is -0.383 e. The summed E-state index contributed by atoms with van der Waals surface area (Å²) in [6, 6.07) is 12.2. The van der Waals surface area contributed by atoms with E-state index in [1.54, 1.807) is 24.3 Å². The van der Waals surface area contributed by atoms with Gasteiger partial charge in [0.15, 0.2) is 0 Å². The fourth-order valence-corrected chi connectivity index (χ4v) is 6.46. The smallest absolute Gasteiger partial charge is 0.263 e. The third kappa shape index (κ3) is 4.33. The molecule has 5 rings (SSSR count). The Morgan fingerprint density at radius 2 is 1.85 bits per heavy atom. The van der Waals surface area contributed by atoms with Crippen molar-refractivity contribution in [2.75, 3.05) is 10.5 Å². The molecule has 2 heterocycles. The van der Waals surface area contributed by atoms with Crippen molar-refractivity contribution in [3.05, 3.63) is 76.2 Å². The molecule has 2 aromatic carbocycles. The number of sulfonamides is 1. The summed E-state index contributed by atoms with van der Waals surface area (Å²) in [5.74, 6) is 0.448. The Labute approximate surface area is 208 Å². The van der Waals surface area contributed by atoms with Crippen LogP contribution < -0.4 is 10.5 Å². The molecule has 0 atom stereocenters. The van der Waals surface area contributed by atoms with Crippen LogP contribution in [-0.2, 0) is 16.4 Å². The fraction of sp³-hybridized carbons (Fsp3) is 0.250. The average molecular weight is 516 g/mol. The Kier molecular flexibility index (Phi) is 6.14. The molecule has 10 heteroatoms. The average Bonchev–Trinajstić information content (AvgIpc) is 3.44. The van der Waals surface area contributed by atoms with Crippen molar-refractivity contribution in [1.82, 2.24) is 14.5 Å². The first-order chi connectivity index (χ1) is 16.3. The van der Waals surface area contributed by atoms with Crippen molar-refractivity contribution >= 4 is 55.8 Å². The van der Waals surface area contributed by atoms with E-state index in [4.69, 9.17) is 28.9 Å².